The highest BCUT2D eigenvalue weighted by Gasteiger charge is 2.68. The van der Waals surface area contributed by atoms with Crippen molar-refractivity contribution in [1.29, 1.82) is 0 Å². The van der Waals surface area contributed by atoms with Crippen molar-refractivity contribution in [1.82, 2.24) is 9.99 Å². The summed E-state index contributed by atoms with van der Waals surface area (Å²) in [6, 6.07) is 2.59. The van der Waals surface area contributed by atoms with Gasteiger partial charge in [0.25, 0.3) is 11.6 Å². The third-order valence-electron chi connectivity index (χ3n) is 4.51. The number of aromatic nitrogens is 1. The molecule has 23 heavy (non-hydrogen) atoms. The minimum Gasteiger partial charge on any atom is -0.362 e. The molecule has 1 saturated carbocycles. The summed E-state index contributed by atoms with van der Waals surface area (Å²) in [5.41, 5.74) is -3.05. The molecule has 0 spiro atoms. The molecule has 1 aliphatic heterocycles. The molecular formula is C15H16F3N3O2. The van der Waals surface area contributed by atoms with Crippen molar-refractivity contribution in [3.63, 3.8) is 0 Å². The van der Waals surface area contributed by atoms with Gasteiger partial charge >= 0.3 is 6.18 Å². The second-order valence-corrected chi connectivity index (χ2v) is 6.10. The average molecular weight is 327 g/mol. The van der Waals surface area contributed by atoms with Gasteiger partial charge in [0, 0.05) is 23.7 Å². The highest BCUT2D eigenvalue weighted by Crippen LogP contribution is 2.49. The van der Waals surface area contributed by atoms with E-state index in [4.69, 9.17) is 0 Å². The normalized spacial score (nSPS) is 30.8. The minimum absolute atomic E-state index is 0.00118. The van der Waals surface area contributed by atoms with Crippen LogP contribution in [0.25, 0.3) is 0 Å². The van der Waals surface area contributed by atoms with Gasteiger partial charge in [-0.05, 0) is 37.3 Å². The lowest BCUT2D eigenvalue weighted by atomic mass is 9.76. The Hall–Kier alpha value is -1.96. The highest BCUT2D eigenvalue weighted by molar-refractivity contribution is 5.99. The standard InChI is InChI=1S/C15H16F3N3O2/c1-9-2-3-12-11(8-9)14(23,15(16,17)18)21(20-12)13(22)10-4-6-19-7-5-10/h4-7,9,11,23H,2-3,8H2,1H3/t9-,11-,14-/m1/s1. The molecule has 0 unspecified atom stereocenters. The maximum Gasteiger partial charge on any atom is 0.439 e. The van der Waals surface area contributed by atoms with Crippen LogP contribution in [0.4, 0.5) is 13.2 Å². The number of hydrazone groups is 1. The Morgan fingerprint density at radius 3 is 2.65 bits per heavy atom. The van der Waals surface area contributed by atoms with Crippen molar-refractivity contribution in [3.05, 3.63) is 30.1 Å². The van der Waals surface area contributed by atoms with E-state index in [9.17, 15) is 23.1 Å². The van der Waals surface area contributed by atoms with Crippen LogP contribution in [0.5, 0.6) is 0 Å². The van der Waals surface area contributed by atoms with E-state index in [-0.39, 0.29) is 28.6 Å². The van der Waals surface area contributed by atoms with Crippen LogP contribution in [0.1, 0.15) is 36.5 Å². The third kappa shape index (κ3) is 2.41. The van der Waals surface area contributed by atoms with Crippen LogP contribution in [0.2, 0.25) is 0 Å². The molecule has 0 bridgehead atoms. The van der Waals surface area contributed by atoms with Gasteiger partial charge in [0.1, 0.15) is 0 Å². The summed E-state index contributed by atoms with van der Waals surface area (Å²) in [4.78, 5) is 16.2. The van der Waals surface area contributed by atoms with Gasteiger partial charge in [0.15, 0.2) is 0 Å². The largest absolute Gasteiger partial charge is 0.439 e. The smallest absolute Gasteiger partial charge is 0.362 e. The lowest BCUT2D eigenvalue weighted by Crippen LogP contribution is -2.61. The van der Waals surface area contributed by atoms with Crippen LogP contribution in [-0.4, -0.2) is 38.6 Å². The molecule has 1 N–H and O–H groups in total. The van der Waals surface area contributed by atoms with E-state index >= 15 is 0 Å². The van der Waals surface area contributed by atoms with Gasteiger partial charge in [-0.3, -0.25) is 9.78 Å². The number of aliphatic hydroxyl groups is 1. The van der Waals surface area contributed by atoms with Gasteiger partial charge in [0.2, 0.25) is 0 Å². The molecule has 1 fully saturated rings. The fraction of sp³-hybridized carbons (Fsp3) is 0.533. The van der Waals surface area contributed by atoms with Crippen molar-refractivity contribution in [3.8, 4) is 0 Å². The van der Waals surface area contributed by atoms with Gasteiger partial charge in [0.05, 0.1) is 5.92 Å². The van der Waals surface area contributed by atoms with Crippen LogP contribution in [-0.2, 0) is 0 Å². The van der Waals surface area contributed by atoms with Gasteiger partial charge in [-0.1, -0.05) is 6.92 Å². The highest BCUT2D eigenvalue weighted by atomic mass is 19.4. The number of hydrogen-bond acceptors (Lipinski definition) is 4. The predicted octanol–water partition coefficient (Wildman–Crippen LogP) is 2.58. The Labute approximate surface area is 130 Å². The zero-order valence-electron chi connectivity index (χ0n) is 12.4. The first-order chi connectivity index (χ1) is 10.7. The molecule has 1 amide bonds. The Morgan fingerprint density at radius 1 is 1.39 bits per heavy atom. The zero-order chi connectivity index (χ0) is 16.8. The second-order valence-electron chi connectivity index (χ2n) is 6.10. The number of carbonyl (C=O) groups is 1. The first-order valence-corrected chi connectivity index (χ1v) is 7.36. The van der Waals surface area contributed by atoms with E-state index in [1.807, 2.05) is 6.92 Å². The fourth-order valence-corrected chi connectivity index (χ4v) is 3.23. The molecule has 0 aromatic carbocycles. The minimum atomic E-state index is -5.00. The number of halogens is 3. The number of fused-ring (bicyclic) bond motifs is 1. The lowest BCUT2D eigenvalue weighted by molar-refractivity contribution is -0.313. The van der Waals surface area contributed by atoms with Crippen molar-refractivity contribution in [2.75, 3.05) is 0 Å². The summed E-state index contributed by atoms with van der Waals surface area (Å²) in [5, 5.41) is 14.5. The van der Waals surface area contributed by atoms with Crippen LogP contribution >= 0.6 is 0 Å². The third-order valence-corrected chi connectivity index (χ3v) is 4.51. The van der Waals surface area contributed by atoms with Crippen molar-refractivity contribution in [2.45, 2.75) is 38.1 Å². The van der Waals surface area contributed by atoms with Crippen LogP contribution < -0.4 is 0 Å². The molecule has 1 aliphatic carbocycles. The second kappa shape index (κ2) is 5.30. The Bertz CT molecular complexity index is 647. The quantitative estimate of drug-likeness (QED) is 0.862. The summed E-state index contributed by atoms with van der Waals surface area (Å²) in [6.07, 6.45) is -1.20. The molecule has 124 valence electrons. The molecule has 8 heteroatoms. The van der Waals surface area contributed by atoms with Crippen LogP contribution in [0.15, 0.2) is 29.6 Å². The summed E-state index contributed by atoms with van der Waals surface area (Å²) in [5.74, 6) is -2.16. The number of carbonyl (C=O) groups excluding carboxylic acids is 1. The Balaban J connectivity index is 2.04. The van der Waals surface area contributed by atoms with Crippen molar-refractivity contribution < 1.29 is 23.1 Å². The maximum absolute atomic E-state index is 13.6. The molecule has 2 aliphatic rings. The van der Waals surface area contributed by atoms with E-state index in [1.54, 1.807) is 0 Å². The fourth-order valence-electron chi connectivity index (χ4n) is 3.23. The molecule has 0 radical (unpaired) electrons. The first kappa shape index (κ1) is 15.9. The van der Waals surface area contributed by atoms with Gasteiger partial charge in [-0.15, -0.1) is 0 Å². The number of hydrogen-bond donors (Lipinski definition) is 1. The van der Waals surface area contributed by atoms with Crippen molar-refractivity contribution >= 4 is 11.6 Å². The molecule has 3 rings (SSSR count). The maximum atomic E-state index is 13.6. The number of alkyl halides is 3. The van der Waals surface area contributed by atoms with Crippen LogP contribution in [0.3, 0.4) is 0 Å². The first-order valence-electron chi connectivity index (χ1n) is 7.36. The summed E-state index contributed by atoms with van der Waals surface area (Å²) in [7, 11) is 0. The number of amides is 1. The predicted molar refractivity (Wildman–Crippen MR) is 75.4 cm³/mol. The summed E-state index contributed by atoms with van der Waals surface area (Å²) >= 11 is 0. The van der Waals surface area contributed by atoms with E-state index < -0.39 is 23.7 Å². The van der Waals surface area contributed by atoms with E-state index in [2.05, 4.69) is 10.1 Å². The summed E-state index contributed by atoms with van der Waals surface area (Å²) in [6.45, 7) is 1.83. The summed E-state index contributed by atoms with van der Waals surface area (Å²) < 4.78 is 40.9. The van der Waals surface area contributed by atoms with Crippen molar-refractivity contribution in [2.24, 2.45) is 16.9 Å². The Kier molecular flexibility index (Phi) is 3.66. The molecule has 1 aromatic rings. The van der Waals surface area contributed by atoms with Gasteiger partial charge in [-0.2, -0.15) is 23.3 Å². The molecule has 5 nitrogen and oxygen atoms in total. The Morgan fingerprint density at radius 2 is 2.04 bits per heavy atom. The molecule has 2 heterocycles. The van der Waals surface area contributed by atoms with E-state index in [0.717, 1.165) is 0 Å². The molecule has 0 saturated heterocycles. The average Bonchev–Trinajstić information content (AvgIpc) is 2.81. The number of pyridine rings is 1. The molecule has 1 aromatic heterocycles. The monoisotopic (exact) mass is 327 g/mol. The molecular weight excluding hydrogens is 311 g/mol. The topological polar surface area (TPSA) is 65.8 Å². The van der Waals surface area contributed by atoms with E-state index in [0.29, 0.717) is 12.8 Å². The molecule has 3 atom stereocenters. The lowest BCUT2D eigenvalue weighted by Gasteiger charge is -2.39. The van der Waals surface area contributed by atoms with Gasteiger partial charge < -0.3 is 5.11 Å². The van der Waals surface area contributed by atoms with Gasteiger partial charge in [-0.25, -0.2) is 0 Å². The number of nitrogens with zero attached hydrogens (tertiary/aromatic N) is 3. The van der Waals surface area contributed by atoms with Crippen LogP contribution in [0, 0.1) is 11.8 Å². The zero-order valence-corrected chi connectivity index (χ0v) is 12.4. The SMILES string of the molecule is C[C@@H]1CCC2=NN(C(=O)c3ccncc3)[C@](O)(C(F)(F)F)[C@@H]2C1. The van der Waals surface area contributed by atoms with E-state index in [1.165, 1.54) is 24.5 Å². The number of rotatable bonds is 1.